The smallest absolute Gasteiger partial charge is 0.257 e. The predicted molar refractivity (Wildman–Crippen MR) is 76.8 cm³/mol. The van der Waals surface area contributed by atoms with Crippen molar-refractivity contribution in [2.45, 2.75) is 12.5 Å². The number of hydrogen-bond donors (Lipinski definition) is 0. The highest BCUT2D eigenvalue weighted by Gasteiger charge is 2.23. The first-order chi connectivity index (χ1) is 9.36. The van der Waals surface area contributed by atoms with Crippen LogP contribution >= 0.6 is 0 Å². The lowest BCUT2D eigenvalue weighted by Crippen LogP contribution is -2.42. The summed E-state index contributed by atoms with van der Waals surface area (Å²) >= 11 is 0. The summed E-state index contributed by atoms with van der Waals surface area (Å²) in [5.74, 6) is 0.624. The first-order valence-electron chi connectivity index (χ1n) is 6.72. The van der Waals surface area contributed by atoms with E-state index in [9.17, 15) is 12.6 Å². The van der Waals surface area contributed by atoms with Gasteiger partial charge in [-0.2, -0.15) is 0 Å². The van der Waals surface area contributed by atoms with Crippen LogP contribution in [0.3, 0.4) is 0 Å². The highest BCUT2D eigenvalue weighted by Crippen LogP contribution is 2.11. The number of sulfonamides is 1. The molecule has 9 heteroatoms. The third-order valence-electron chi connectivity index (χ3n) is 3.37. The van der Waals surface area contributed by atoms with Crippen molar-refractivity contribution in [3.63, 3.8) is 0 Å². The van der Waals surface area contributed by atoms with Gasteiger partial charge in [0.15, 0.2) is 0 Å². The van der Waals surface area contributed by atoms with Crippen molar-refractivity contribution in [1.29, 1.82) is 0 Å². The molecule has 2 rings (SSSR count). The maximum atomic E-state index is 12.2. The topological polar surface area (TPSA) is 85.3 Å². The van der Waals surface area contributed by atoms with Crippen LogP contribution in [0.2, 0.25) is 0 Å². The molecule has 1 atom stereocenters. The van der Waals surface area contributed by atoms with Crippen LogP contribution in [0.1, 0.15) is 6.42 Å². The molecule has 0 aromatic rings. The Morgan fingerprint density at radius 1 is 1.40 bits per heavy atom. The standard InChI is InChI=1S/C11H22N2O5S2/c1-19(14,15)12-20(16)8-4-13(5-9-20)3-7-18-11-2-6-17-10-11/h11H,2-10H2,1H3. The summed E-state index contributed by atoms with van der Waals surface area (Å²) in [5.41, 5.74) is 0. The van der Waals surface area contributed by atoms with Gasteiger partial charge in [-0.3, -0.25) is 4.90 Å². The molecule has 2 heterocycles. The van der Waals surface area contributed by atoms with Crippen molar-refractivity contribution in [2.24, 2.45) is 3.77 Å². The van der Waals surface area contributed by atoms with Crippen LogP contribution in [0.4, 0.5) is 0 Å². The largest absolute Gasteiger partial charge is 0.379 e. The molecule has 118 valence electrons. The van der Waals surface area contributed by atoms with Crippen molar-refractivity contribution in [2.75, 3.05) is 57.2 Å². The van der Waals surface area contributed by atoms with Gasteiger partial charge in [0, 0.05) is 37.7 Å². The number of rotatable bonds is 5. The summed E-state index contributed by atoms with van der Waals surface area (Å²) in [7, 11) is -6.12. The van der Waals surface area contributed by atoms with Gasteiger partial charge in [0.25, 0.3) is 10.0 Å². The molecule has 0 spiro atoms. The van der Waals surface area contributed by atoms with Crippen molar-refractivity contribution in [3.8, 4) is 0 Å². The van der Waals surface area contributed by atoms with Crippen LogP contribution in [-0.4, -0.2) is 80.8 Å². The van der Waals surface area contributed by atoms with E-state index in [2.05, 4.69) is 8.67 Å². The third kappa shape index (κ3) is 5.28. The molecule has 2 aliphatic rings. The van der Waals surface area contributed by atoms with E-state index in [1.165, 1.54) is 0 Å². The van der Waals surface area contributed by atoms with Crippen LogP contribution in [0.25, 0.3) is 0 Å². The summed E-state index contributed by atoms with van der Waals surface area (Å²) in [6.45, 7) is 4.03. The Morgan fingerprint density at radius 3 is 2.65 bits per heavy atom. The van der Waals surface area contributed by atoms with E-state index in [1.54, 1.807) is 0 Å². The monoisotopic (exact) mass is 326 g/mol. The second-order valence-corrected chi connectivity index (χ2v) is 9.61. The average molecular weight is 326 g/mol. The highest BCUT2D eigenvalue weighted by molar-refractivity contribution is 8.03. The Kier molecular flexibility index (Phi) is 5.41. The first kappa shape index (κ1) is 16.2. The molecule has 0 radical (unpaired) electrons. The normalized spacial score (nSPS) is 27.6. The summed E-state index contributed by atoms with van der Waals surface area (Å²) in [6.07, 6.45) is 2.13. The van der Waals surface area contributed by atoms with Crippen LogP contribution in [0, 0.1) is 0 Å². The van der Waals surface area contributed by atoms with Crippen molar-refractivity contribution in [1.82, 2.24) is 4.90 Å². The minimum atomic E-state index is -3.54. The van der Waals surface area contributed by atoms with Gasteiger partial charge in [-0.05, 0) is 6.42 Å². The maximum Gasteiger partial charge on any atom is 0.257 e. The zero-order valence-corrected chi connectivity index (χ0v) is 13.3. The summed E-state index contributed by atoms with van der Waals surface area (Å²) in [5, 5.41) is 0. The minimum absolute atomic E-state index is 0.198. The fourth-order valence-electron chi connectivity index (χ4n) is 2.30. The Labute approximate surface area is 120 Å². The Hall–Kier alpha value is -0.220. The van der Waals surface area contributed by atoms with Gasteiger partial charge in [-0.1, -0.05) is 0 Å². The average Bonchev–Trinajstić information content (AvgIpc) is 2.82. The first-order valence-corrected chi connectivity index (χ1v) is 10.4. The molecule has 2 fully saturated rings. The summed E-state index contributed by atoms with van der Waals surface area (Å²) < 4.78 is 48.9. The molecule has 7 nitrogen and oxygen atoms in total. The molecular weight excluding hydrogens is 304 g/mol. The van der Waals surface area contributed by atoms with E-state index in [0.29, 0.717) is 37.8 Å². The van der Waals surface area contributed by atoms with E-state index in [-0.39, 0.29) is 6.10 Å². The molecule has 2 aliphatic heterocycles. The quantitative estimate of drug-likeness (QED) is 0.679. The molecule has 1 unspecified atom stereocenters. The van der Waals surface area contributed by atoms with Gasteiger partial charge in [0.2, 0.25) is 0 Å². The number of hydrogen-bond acceptors (Lipinski definition) is 6. The third-order valence-corrected chi connectivity index (χ3v) is 7.18. The van der Waals surface area contributed by atoms with Gasteiger partial charge in [0.05, 0.1) is 35.3 Å². The van der Waals surface area contributed by atoms with E-state index in [4.69, 9.17) is 9.47 Å². The van der Waals surface area contributed by atoms with Crippen LogP contribution < -0.4 is 0 Å². The predicted octanol–water partition coefficient (Wildman–Crippen LogP) is -0.465. The van der Waals surface area contributed by atoms with Gasteiger partial charge in [-0.15, -0.1) is 3.77 Å². The lowest BCUT2D eigenvalue weighted by atomic mass is 10.3. The fourth-order valence-corrected chi connectivity index (χ4v) is 6.16. The molecule has 0 saturated carbocycles. The van der Waals surface area contributed by atoms with Crippen molar-refractivity contribution >= 4 is 19.8 Å². The Morgan fingerprint density at radius 2 is 2.10 bits per heavy atom. The van der Waals surface area contributed by atoms with Crippen molar-refractivity contribution in [3.05, 3.63) is 0 Å². The van der Waals surface area contributed by atoms with E-state index >= 15 is 0 Å². The summed E-state index contributed by atoms with van der Waals surface area (Å²) in [4.78, 5) is 2.14. The Balaban J connectivity index is 1.74. The van der Waals surface area contributed by atoms with E-state index in [1.807, 2.05) is 0 Å². The molecule has 0 amide bonds. The van der Waals surface area contributed by atoms with E-state index in [0.717, 1.165) is 25.8 Å². The fraction of sp³-hybridized carbons (Fsp3) is 1.00. The Bertz CT molecular complexity index is 519. The van der Waals surface area contributed by atoms with Gasteiger partial charge in [-0.25, -0.2) is 12.6 Å². The zero-order valence-electron chi connectivity index (χ0n) is 11.7. The highest BCUT2D eigenvalue weighted by atomic mass is 32.3. The van der Waals surface area contributed by atoms with Crippen molar-refractivity contribution < 1.29 is 22.1 Å². The molecular formula is C11H22N2O5S2. The molecule has 0 N–H and O–H groups in total. The second-order valence-electron chi connectivity index (χ2n) is 5.19. The number of nitrogens with zero attached hydrogens (tertiary/aromatic N) is 2. The lowest BCUT2D eigenvalue weighted by Gasteiger charge is -2.28. The SMILES string of the molecule is CS(=O)(=O)N=S1(=O)CCN(CCOC2CCOC2)CC1. The van der Waals surface area contributed by atoms with E-state index < -0.39 is 19.8 Å². The van der Waals surface area contributed by atoms with Gasteiger partial charge >= 0.3 is 0 Å². The molecule has 0 bridgehead atoms. The molecule has 0 aromatic carbocycles. The van der Waals surface area contributed by atoms with Gasteiger partial charge < -0.3 is 9.47 Å². The molecule has 0 aromatic heterocycles. The van der Waals surface area contributed by atoms with Crippen LogP contribution in [0.15, 0.2) is 3.77 Å². The minimum Gasteiger partial charge on any atom is -0.379 e. The zero-order chi connectivity index (χ0) is 14.6. The number of ether oxygens (including phenoxy) is 2. The molecule has 0 aliphatic carbocycles. The van der Waals surface area contributed by atoms with Crippen LogP contribution in [0.5, 0.6) is 0 Å². The second kappa shape index (κ2) is 6.69. The van der Waals surface area contributed by atoms with Gasteiger partial charge in [0.1, 0.15) is 0 Å². The van der Waals surface area contributed by atoms with Crippen LogP contribution in [-0.2, 0) is 29.2 Å². The summed E-state index contributed by atoms with van der Waals surface area (Å²) in [6, 6.07) is 0. The molecule has 20 heavy (non-hydrogen) atoms. The molecule has 2 saturated heterocycles. The lowest BCUT2D eigenvalue weighted by molar-refractivity contribution is 0.0309. The maximum absolute atomic E-state index is 12.2.